The van der Waals surface area contributed by atoms with Crippen molar-refractivity contribution in [2.45, 2.75) is 44.7 Å². The van der Waals surface area contributed by atoms with Gasteiger partial charge >= 0.3 is 5.97 Å². The maximum Gasteiger partial charge on any atom is 0.328 e. The van der Waals surface area contributed by atoms with Gasteiger partial charge in [-0.15, -0.1) is 0 Å². The van der Waals surface area contributed by atoms with Crippen molar-refractivity contribution in [2.24, 2.45) is 0 Å². The molecule has 0 aliphatic heterocycles. The van der Waals surface area contributed by atoms with E-state index in [1.807, 2.05) is 0 Å². The topological polar surface area (TPSA) is 124 Å². The van der Waals surface area contributed by atoms with Gasteiger partial charge < -0.3 is 15.5 Å². The predicted molar refractivity (Wildman–Crippen MR) is 91.9 cm³/mol. The number of hydrogen-bond acceptors (Lipinski definition) is 5. The third kappa shape index (κ3) is 4.77. The molecule has 0 aromatic heterocycles. The monoisotopic (exact) mass is 372 g/mol. The van der Waals surface area contributed by atoms with Crippen LogP contribution in [-0.2, 0) is 14.8 Å². The molecule has 0 bridgehead atoms. The summed E-state index contributed by atoms with van der Waals surface area (Å²) in [6.45, 7) is 6.86. The van der Waals surface area contributed by atoms with E-state index in [2.05, 4.69) is 5.32 Å². The highest BCUT2D eigenvalue weighted by molar-refractivity contribution is 7.89. The highest BCUT2D eigenvalue weighted by Crippen LogP contribution is 2.20. The molecule has 0 heterocycles. The molecule has 1 amide bonds. The average Bonchev–Trinajstić information content (AvgIpc) is 2.52. The Morgan fingerprint density at radius 1 is 1.24 bits per heavy atom. The molecule has 1 aromatic rings. The van der Waals surface area contributed by atoms with E-state index in [1.165, 1.54) is 29.4 Å². The summed E-state index contributed by atoms with van der Waals surface area (Å²) in [7, 11) is -3.75. The average molecular weight is 372 g/mol. The van der Waals surface area contributed by atoms with Gasteiger partial charge in [-0.25, -0.2) is 13.2 Å². The van der Waals surface area contributed by atoms with Crippen LogP contribution in [0.3, 0.4) is 0 Å². The second kappa shape index (κ2) is 8.41. The molecule has 0 aliphatic carbocycles. The van der Waals surface area contributed by atoms with Gasteiger partial charge in [0.15, 0.2) is 6.04 Å². The predicted octanol–water partition coefficient (Wildman–Crippen LogP) is 0.589. The smallest absolute Gasteiger partial charge is 0.328 e. The van der Waals surface area contributed by atoms with Crippen molar-refractivity contribution in [3.63, 3.8) is 0 Å². The number of carboxylic acids is 1. The fourth-order valence-corrected chi connectivity index (χ4v) is 3.81. The Morgan fingerprint density at radius 3 is 2.24 bits per heavy atom. The van der Waals surface area contributed by atoms with Crippen LogP contribution in [0.15, 0.2) is 23.1 Å². The number of carbonyl (C=O) groups excluding carboxylic acids is 1. The van der Waals surface area contributed by atoms with Crippen molar-refractivity contribution < 1.29 is 28.2 Å². The molecule has 0 aliphatic rings. The molecular weight excluding hydrogens is 348 g/mol. The first-order chi connectivity index (χ1) is 11.6. The molecule has 0 fully saturated rings. The first-order valence-corrected chi connectivity index (χ1v) is 9.32. The normalized spacial score (nSPS) is 14.2. The molecule has 0 spiro atoms. The number of amides is 1. The van der Waals surface area contributed by atoms with E-state index >= 15 is 0 Å². The number of carboxylic acid groups (broad SMARTS) is 1. The van der Waals surface area contributed by atoms with Crippen LogP contribution in [0, 0.1) is 6.92 Å². The van der Waals surface area contributed by atoms with Crippen LogP contribution in [0.5, 0.6) is 0 Å². The minimum atomic E-state index is -3.75. The number of hydrogen-bond donors (Lipinski definition) is 3. The number of nitrogens with zero attached hydrogens (tertiary/aromatic N) is 1. The van der Waals surface area contributed by atoms with Gasteiger partial charge in [0.05, 0.1) is 11.0 Å². The van der Waals surface area contributed by atoms with Crippen molar-refractivity contribution in [1.82, 2.24) is 9.62 Å². The SMILES string of the molecule is CCN(CC)S(=O)(=O)c1ccc(C)c(C(=O)N[C@@H](C(=O)O)[C@H](C)O)c1. The number of aliphatic hydroxyl groups is 1. The fourth-order valence-electron chi connectivity index (χ4n) is 2.33. The standard InChI is InChI=1S/C16H24N2O6S/c1-5-18(6-2)25(23,24)12-8-7-10(3)13(9-12)15(20)17-14(11(4)19)16(21)22/h7-9,11,14,19H,5-6H2,1-4H3,(H,17,20)(H,21,22)/t11-,14+/m0/s1. The largest absolute Gasteiger partial charge is 0.480 e. The van der Waals surface area contributed by atoms with Gasteiger partial charge in [0.1, 0.15) is 0 Å². The fraction of sp³-hybridized carbons (Fsp3) is 0.500. The number of aryl methyl sites for hydroxylation is 1. The zero-order valence-electron chi connectivity index (χ0n) is 14.7. The zero-order valence-corrected chi connectivity index (χ0v) is 15.5. The number of rotatable bonds is 8. The zero-order chi connectivity index (χ0) is 19.4. The van der Waals surface area contributed by atoms with Gasteiger partial charge in [-0.3, -0.25) is 4.79 Å². The van der Waals surface area contributed by atoms with Gasteiger partial charge in [0.2, 0.25) is 10.0 Å². The number of aliphatic hydroxyl groups excluding tert-OH is 1. The summed E-state index contributed by atoms with van der Waals surface area (Å²) in [5, 5.41) is 20.7. The van der Waals surface area contributed by atoms with Crippen LogP contribution in [0.4, 0.5) is 0 Å². The second-order valence-electron chi connectivity index (χ2n) is 5.60. The second-order valence-corrected chi connectivity index (χ2v) is 7.53. The summed E-state index contributed by atoms with van der Waals surface area (Å²) in [5.41, 5.74) is 0.533. The third-order valence-electron chi connectivity index (χ3n) is 3.83. The molecule has 0 saturated carbocycles. The quantitative estimate of drug-likeness (QED) is 0.613. The van der Waals surface area contributed by atoms with E-state index in [4.69, 9.17) is 5.11 Å². The lowest BCUT2D eigenvalue weighted by molar-refractivity contribution is -0.141. The van der Waals surface area contributed by atoms with E-state index in [-0.39, 0.29) is 23.5 Å². The first-order valence-electron chi connectivity index (χ1n) is 7.88. The van der Waals surface area contributed by atoms with Crippen LogP contribution in [0.1, 0.15) is 36.7 Å². The summed E-state index contributed by atoms with van der Waals surface area (Å²) in [6, 6.07) is 2.63. The molecule has 140 valence electrons. The van der Waals surface area contributed by atoms with Gasteiger partial charge in [-0.1, -0.05) is 19.9 Å². The Bertz CT molecular complexity index is 741. The molecule has 25 heavy (non-hydrogen) atoms. The van der Waals surface area contributed by atoms with Gasteiger partial charge in [0, 0.05) is 18.7 Å². The summed E-state index contributed by atoms with van der Waals surface area (Å²) in [5.74, 6) is -2.14. The molecule has 8 nitrogen and oxygen atoms in total. The minimum Gasteiger partial charge on any atom is -0.480 e. The van der Waals surface area contributed by atoms with Crippen LogP contribution in [0.25, 0.3) is 0 Å². The Kier molecular flexibility index (Phi) is 7.09. The number of benzene rings is 1. The molecule has 9 heteroatoms. The Labute approximate surface area is 147 Å². The molecule has 0 unspecified atom stereocenters. The van der Waals surface area contributed by atoms with Crippen molar-refractivity contribution >= 4 is 21.9 Å². The Morgan fingerprint density at radius 2 is 1.80 bits per heavy atom. The van der Waals surface area contributed by atoms with Gasteiger partial charge in [-0.05, 0) is 31.5 Å². The van der Waals surface area contributed by atoms with Crippen molar-refractivity contribution in [2.75, 3.05) is 13.1 Å². The maximum absolute atomic E-state index is 12.6. The molecule has 0 radical (unpaired) electrons. The van der Waals surface area contributed by atoms with E-state index in [1.54, 1.807) is 20.8 Å². The van der Waals surface area contributed by atoms with Gasteiger partial charge in [0.25, 0.3) is 5.91 Å². The minimum absolute atomic E-state index is 0.0418. The summed E-state index contributed by atoms with van der Waals surface area (Å²) < 4.78 is 26.4. The van der Waals surface area contributed by atoms with Crippen molar-refractivity contribution in [3.05, 3.63) is 29.3 Å². The molecule has 1 aromatic carbocycles. The highest BCUT2D eigenvalue weighted by Gasteiger charge is 2.27. The molecular formula is C16H24N2O6S. The first kappa shape index (κ1) is 21.1. The molecule has 0 saturated heterocycles. The lowest BCUT2D eigenvalue weighted by Crippen LogP contribution is -2.47. The highest BCUT2D eigenvalue weighted by atomic mass is 32.2. The van der Waals surface area contributed by atoms with Crippen LogP contribution < -0.4 is 5.32 Å². The van der Waals surface area contributed by atoms with E-state index in [0.717, 1.165) is 0 Å². The molecule has 2 atom stereocenters. The van der Waals surface area contributed by atoms with Crippen molar-refractivity contribution in [1.29, 1.82) is 0 Å². The number of sulfonamides is 1. The molecule has 3 N–H and O–H groups in total. The number of nitrogens with one attached hydrogen (secondary N) is 1. The van der Waals surface area contributed by atoms with Crippen LogP contribution >= 0.6 is 0 Å². The van der Waals surface area contributed by atoms with Crippen LogP contribution in [-0.4, -0.2) is 60.0 Å². The maximum atomic E-state index is 12.6. The van der Waals surface area contributed by atoms with Gasteiger partial charge in [-0.2, -0.15) is 4.31 Å². The van der Waals surface area contributed by atoms with Crippen molar-refractivity contribution in [3.8, 4) is 0 Å². The van der Waals surface area contributed by atoms with E-state index in [9.17, 15) is 23.1 Å². The number of aliphatic carboxylic acids is 1. The molecule has 1 rings (SSSR count). The van der Waals surface area contributed by atoms with E-state index in [0.29, 0.717) is 5.56 Å². The van der Waals surface area contributed by atoms with Crippen LogP contribution in [0.2, 0.25) is 0 Å². The third-order valence-corrected chi connectivity index (χ3v) is 5.88. The summed E-state index contributed by atoms with van der Waals surface area (Å²) >= 11 is 0. The lowest BCUT2D eigenvalue weighted by Gasteiger charge is -2.20. The Hall–Kier alpha value is -1.97. The lowest BCUT2D eigenvalue weighted by atomic mass is 10.1. The summed E-state index contributed by atoms with van der Waals surface area (Å²) in [4.78, 5) is 23.4. The summed E-state index contributed by atoms with van der Waals surface area (Å²) in [6.07, 6.45) is -1.30. The van der Waals surface area contributed by atoms with E-state index < -0.39 is 34.0 Å². The Balaban J connectivity index is 3.26. The number of carbonyl (C=O) groups is 2.